The Kier molecular flexibility index (Phi) is 4.65. The van der Waals surface area contributed by atoms with Gasteiger partial charge in [0, 0.05) is 16.4 Å². The van der Waals surface area contributed by atoms with E-state index in [1.807, 2.05) is 18.2 Å². The Morgan fingerprint density at radius 1 is 0.969 bits per heavy atom. The van der Waals surface area contributed by atoms with Gasteiger partial charge in [-0.1, -0.05) is 51.1 Å². The minimum atomic E-state index is -0.411. The summed E-state index contributed by atoms with van der Waals surface area (Å²) in [7, 11) is 0. The van der Waals surface area contributed by atoms with Gasteiger partial charge in [0.05, 0.1) is 24.7 Å². The topological polar surface area (TPSA) is 54.0 Å². The molecule has 174 valence electrons. The molecule has 2 spiro atoms. The molecule has 1 aromatic carbocycles. The maximum atomic E-state index is 12.0. The van der Waals surface area contributed by atoms with Gasteiger partial charge in [0.25, 0.3) is 0 Å². The number of hydrogen-bond donors (Lipinski definition) is 0. The number of ether oxygens (including phenoxy) is 4. The lowest BCUT2D eigenvalue weighted by Gasteiger charge is -2.66. The molecule has 32 heavy (non-hydrogen) atoms. The van der Waals surface area contributed by atoms with Crippen molar-refractivity contribution in [2.75, 3.05) is 13.2 Å². The molecule has 0 unspecified atom stereocenters. The van der Waals surface area contributed by atoms with Crippen LogP contribution in [0, 0.1) is 22.7 Å². The maximum Gasteiger partial charge on any atom is 0.308 e. The summed E-state index contributed by atoms with van der Waals surface area (Å²) in [5.41, 5.74) is 0.493. The van der Waals surface area contributed by atoms with Crippen LogP contribution in [0.2, 0.25) is 0 Å². The number of carbonyl (C=O) groups excluding carboxylic acids is 1. The fourth-order valence-corrected chi connectivity index (χ4v) is 8.35. The van der Waals surface area contributed by atoms with Gasteiger partial charge in [-0.15, -0.1) is 0 Å². The summed E-state index contributed by atoms with van der Waals surface area (Å²) >= 11 is 0. The van der Waals surface area contributed by atoms with Gasteiger partial charge in [-0.05, 0) is 50.4 Å². The van der Waals surface area contributed by atoms with Crippen molar-refractivity contribution in [2.45, 2.75) is 89.3 Å². The number of carbonyl (C=O) groups is 1. The van der Waals surface area contributed by atoms with Crippen LogP contribution >= 0.6 is 0 Å². The molecule has 0 bridgehead atoms. The van der Waals surface area contributed by atoms with E-state index in [4.69, 9.17) is 18.9 Å². The van der Waals surface area contributed by atoms with Crippen LogP contribution in [0.1, 0.15) is 77.6 Å². The predicted octanol–water partition coefficient (Wildman–Crippen LogP) is 5.19. The highest BCUT2D eigenvalue weighted by molar-refractivity contribution is 5.73. The molecule has 6 rings (SSSR count). The van der Waals surface area contributed by atoms with Gasteiger partial charge in [-0.3, -0.25) is 4.79 Å². The molecule has 2 saturated carbocycles. The molecule has 3 saturated heterocycles. The molecule has 0 radical (unpaired) electrons. The van der Waals surface area contributed by atoms with Crippen molar-refractivity contribution in [1.82, 2.24) is 0 Å². The lowest BCUT2D eigenvalue weighted by Crippen LogP contribution is -2.67. The number of esters is 1. The van der Waals surface area contributed by atoms with E-state index in [0.717, 1.165) is 37.7 Å². The summed E-state index contributed by atoms with van der Waals surface area (Å²) in [6.07, 6.45) is 6.72. The van der Waals surface area contributed by atoms with E-state index in [9.17, 15) is 4.79 Å². The number of cyclic esters (lactones) is 1. The normalized spacial score (nSPS) is 50.3. The molecule has 1 aromatic rings. The minimum absolute atomic E-state index is 0.0352. The first-order valence-electron chi connectivity index (χ1n) is 12.5. The average molecular weight is 441 g/mol. The highest BCUT2D eigenvalue weighted by atomic mass is 16.7. The number of hydrogen-bond acceptors (Lipinski definition) is 5. The Morgan fingerprint density at radius 2 is 1.78 bits per heavy atom. The summed E-state index contributed by atoms with van der Waals surface area (Å²) in [4.78, 5) is 12.0. The molecule has 3 heterocycles. The zero-order chi connectivity index (χ0) is 22.2. The molecule has 8 atom stereocenters. The maximum absolute atomic E-state index is 12.0. The van der Waals surface area contributed by atoms with E-state index in [1.54, 1.807) is 0 Å². The van der Waals surface area contributed by atoms with E-state index in [2.05, 4.69) is 32.9 Å². The summed E-state index contributed by atoms with van der Waals surface area (Å²) in [5.74, 6) is 0.834. The van der Waals surface area contributed by atoms with E-state index in [-0.39, 0.29) is 34.8 Å². The van der Waals surface area contributed by atoms with Crippen molar-refractivity contribution in [3.8, 4) is 0 Å². The smallest absolute Gasteiger partial charge is 0.308 e. The molecule has 0 N–H and O–H groups in total. The Morgan fingerprint density at radius 3 is 2.53 bits per heavy atom. The van der Waals surface area contributed by atoms with Crippen LogP contribution in [0.3, 0.4) is 0 Å². The molecule has 5 heteroatoms. The molecular formula is C27H36O5. The second-order valence-corrected chi connectivity index (χ2v) is 11.7. The van der Waals surface area contributed by atoms with Crippen LogP contribution in [0.25, 0.3) is 0 Å². The molecule has 3 aliphatic heterocycles. The second kappa shape index (κ2) is 7.04. The molecule has 5 nitrogen and oxygen atoms in total. The first-order chi connectivity index (χ1) is 15.3. The van der Waals surface area contributed by atoms with Gasteiger partial charge in [0.2, 0.25) is 0 Å². The average Bonchev–Trinajstić information content (AvgIpc) is 3.35. The highest BCUT2D eigenvalue weighted by Crippen LogP contribution is 2.69. The van der Waals surface area contributed by atoms with Gasteiger partial charge in [-0.25, -0.2) is 0 Å². The Labute approximate surface area is 191 Å². The van der Waals surface area contributed by atoms with Crippen molar-refractivity contribution in [3.05, 3.63) is 35.9 Å². The molecule has 0 amide bonds. The first-order valence-corrected chi connectivity index (χ1v) is 12.5. The summed E-state index contributed by atoms with van der Waals surface area (Å²) < 4.78 is 25.5. The van der Waals surface area contributed by atoms with Crippen LogP contribution < -0.4 is 0 Å². The predicted molar refractivity (Wildman–Crippen MR) is 119 cm³/mol. The fourth-order valence-electron chi connectivity index (χ4n) is 8.35. The van der Waals surface area contributed by atoms with Crippen LogP contribution in [0.15, 0.2) is 30.3 Å². The van der Waals surface area contributed by atoms with Gasteiger partial charge in [-0.2, -0.15) is 0 Å². The fraction of sp³-hybridized carbons (Fsp3) is 0.741. The van der Waals surface area contributed by atoms with E-state index in [0.29, 0.717) is 31.5 Å². The van der Waals surface area contributed by atoms with Crippen molar-refractivity contribution < 1.29 is 23.7 Å². The monoisotopic (exact) mass is 440 g/mol. The van der Waals surface area contributed by atoms with Crippen molar-refractivity contribution >= 4 is 5.97 Å². The van der Waals surface area contributed by atoms with Gasteiger partial charge in [0.15, 0.2) is 6.29 Å². The number of fused-ring (bicyclic) bond motifs is 4. The quantitative estimate of drug-likeness (QED) is 0.563. The lowest BCUT2D eigenvalue weighted by molar-refractivity contribution is -0.331. The zero-order valence-electron chi connectivity index (χ0n) is 19.6. The Bertz CT molecular complexity index is 903. The van der Waals surface area contributed by atoms with Crippen molar-refractivity contribution in [1.29, 1.82) is 0 Å². The van der Waals surface area contributed by atoms with Crippen molar-refractivity contribution in [2.24, 2.45) is 22.7 Å². The first kappa shape index (κ1) is 21.1. The van der Waals surface area contributed by atoms with Gasteiger partial charge >= 0.3 is 5.97 Å². The van der Waals surface area contributed by atoms with Crippen LogP contribution in [0.5, 0.6) is 0 Å². The van der Waals surface area contributed by atoms with E-state index >= 15 is 0 Å². The van der Waals surface area contributed by atoms with Crippen LogP contribution in [0.4, 0.5) is 0 Å². The number of benzene rings is 1. The SMILES string of the molecule is C[C@H]1CC[C@@H]2[C@]3(C)CO[C@@H](c4ccccc4)O[C@@H]3CC[C@]2(C)[C@]12CC[C@]1(COC(=O)C1)O2. The van der Waals surface area contributed by atoms with E-state index in [1.165, 1.54) is 6.42 Å². The second-order valence-electron chi connectivity index (χ2n) is 11.7. The van der Waals surface area contributed by atoms with Gasteiger partial charge < -0.3 is 18.9 Å². The largest absolute Gasteiger partial charge is 0.463 e. The zero-order valence-corrected chi connectivity index (χ0v) is 19.6. The molecular weight excluding hydrogens is 404 g/mol. The van der Waals surface area contributed by atoms with E-state index < -0.39 is 5.60 Å². The molecule has 5 fully saturated rings. The van der Waals surface area contributed by atoms with Gasteiger partial charge in [0.1, 0.15) is 12.2 Å². The third-order valence-electron chi connectivity index (χ3n) is 10.1. The molecule has 2 aliphatic carbocycles. The third-order valence-corrected chi connectivity index (χ3v) is 10.1. The Balaban J connectivity index is 1.30. The minimum Gasteiger partial charge on any atom is -0.463 e. The van der Waals surface area contributed by atoms with Crippen LogP contribution in [-0.2, 0) is 23.7 Å². The summed E-state index contributed by atoms with van der Waals surface area (Å²) in [6, 6.07) is 10.3. The summed E-state index contributed by atoms with van der Waals surface area (Å²) in [5, 5.41) is 0. The lowest BCUT2D eigenvalue weighted by atomic mass is 9.43. The third kappa shape index (κ3) is 2.77. The molecule has 0 aromatic heterocycles. The van der Waals surface area contributed by atoms with Crippen LogP contribution in [-0.4, -0.2) is 36.5 Å². The Hall–Kier alpha value is -1.43. The standard InChI is InChI=1S/C27H36O5/c1-18-9-10-20-24(2)16-30-23(19-7-5-4-6-8-19)31-21(24)11-12-25(20,3)27(18)14-13-26(32-27)15-22(28)29-17-26/h4-8,18,20-21,23H,9-17H2,1-3H3/t18-,20+,21+,23+,24-,25-,26-,27-/m0/s1. The molecule has 5 aliphatic rings. The van der Waals surface area contributed by atoms with Crippen molar-refractivity contribution in [3.63, 3.8) is 0 Å². The summed E-state index contributed by atoms with van der Waals surface area (Å²) in [6.45, 7) is 8.36. The highest BCUT2D eigenvalue weighted by Gasteiger charge is 2.70. The number of rotatable bonds is 1.